The Hall–Kier alpha value is -2.85. The summed E-state index contributed by atoms with van der Waals surface area (Å²) in [6.07, 6.45) is 4.10. The third kappa shape index (κ3) is 2.86. The smallest absolute Gasteiger partial charge is 0.213 e. The molecule has 0 aliphatic carbocycles. The van der Waals surface area contributed by atoms with Gasteiger partial charge >= 0.3 is 0 Å². The molecule has 2 atom stereocenters. The molecule has 2 aliphatic heterocycles. The Morgan fingerprint density at radius 3 is 2.59 bits per heavy atom. The highest BCUT2D eigenvalue weighted by atomic mass is 35.5. The molecule has 3 aromatic rings. The molecule has 27 heavy (non-hydrogen) atoms. The molecule has 2 aromatic carbocycles. The number of nitrogens with zero attached hydrogens (tertiary/aromatic N) is 3. The molecule has 4 nitrogen and oxygen atoms in total. The lowest BCUT2D eigenvalue weighted by molar-refractivity contribution is -0.0190. The fourth-order valence-corrected chi connectivity index (χ4v) is 3.91. The van der Waals surface area contributed by atoms with Crippen molar-refractivity contribution in [3.8, 4) is 5.75 Å². The Balaban J connectivity index is 1.60. The van der Waals surface area contributed by atoms with Crippen molar-refractivity contribution in [2.24, 2.45) is 5.10 Å². The zero-order valence-electron chi connectivity index (χ0n) is 14.8. The first-order valence-electron chi connectivity index (χ1n) is 8.98. The van der Waals surface area contributed by atoms with Gasteiger partial charge in [-0.3, -0.25) is 4.98 Å². The number of hydrazone groups is 1. The standard InChI is InChI=1S/C22H18ClN3O/c1-14-2-4-15(5-3-14)19-13-20-18-12-17(23)6-7-21(18)27-22(26(20)25-19)16-8-10-24-11-9-16/h2-12,20,22H,13H2,1H3/t20-,22-/m0/s1. The molecule has 5 heteroatoms. The van der Waals surface area contributed by atoms with E-state index in [-0.39, 0.29) is 12.3 Å². The largest absolute Gasteiger partial charge is 0.464 e. The molecule has 5 rings (SSSR count). The molecule has 134 valence electrons. The number of hydrogen-bond acceptors (Lipinski definition) is 4. The van der Waals surface area contributed by atoms with Crippen molar-refractivity contribution < 1.29 is 4.74 Å². The minimum Gasteiger partial charge on any atom is -0.464 e. The second-order valence-corrected chi connectivity index (χ2v) is 7.38. The summed E-state index contributed by atoms with van der Waals surface area (Å²) in [5.74, 6) is 0.864. The van der Waals surface area contributed by atoms with Crippen LogP contribution in [0.15, 0.2) is 72.1 Å². The number of benzene rings is 2. The van der Waals surface area contributed by atoms with E-state index in [1.165, 1.54) is 5.56 Å². The highest BCUT2D eigenvalue weighted by molar-refractivity contribution is 6.30. The molecule has 0 radical (unpaired) electrons. The SMILES string of the molecule is Cc1ccc(C2=NN3[C@@H](C2)c2cc(Cl)ccc2O[C@H]3c2ccncc2)cc1. The van der Waals surface area contributed by atoms with E-state index in [9.17, 15) is 0 Å². The lowest BCUT2D eigenvalue weighted by atomic mass is 9.95. The summed E-state index contributed by atoms with van der Waals surface area (Å²) in [7, 11) is 0. The van der Waals surface area contributed by atoms with Crippen LogP contribution < -0.4 is 4.74 Å². The molecule has 0 N–H and O–H groups in total. The van der Waals surface area contributed by atoms with Gasteiger partial charge in [0.25, 0.3) is 0 Å². The fraction of sp³-hybridized carbons (Fsp3) is 0.182. The summed E-state index contributed by atoms with van der Waals surface area (Å²) < 4.78 is 6.32. The Morgan fingerprint density at radius 1 is 1.04 bits per heavy atom. The van der Waals surface area contributed by atoms with E-state index < -0.39 is 0 Å². The van der Waals surface area contributed by atoms with Gasteiger partial charge in [0.1, 0.15) is 5.75 Å². The second-order valence-electron chi connectivity index (χ2n) is 6.95. The third-order valence-corrected chi connectivity index (χ3v) is 5.36. The molecular formula is C22H18ClN3O. The van der Waals surface area contributed by atoms with E-state index in [2.05, 4.69) is 41.2 Å². The number of aryl methyl sites for hydroxylation is 1. The maximum Gasteiger partial charge on any atom is 0.213 e. The van der Waals surface area contributed by atoms with E-state index >= 15 is 0 Å². The van der Waals surface area contributed by atoms with Gasteiger partial charge in [0.15, 0.2) is 0 Å². The van der Waals surface area contributed by atoms with Gasteiger partial charge in [0.2, 0.25) is 6.23 Å². The van der Waals surface area contributed by atoms with Crippen molar-refractivity contribution in [3.63, 3.8) is 0 Å². The first-order chi connectivity index (χ1) is 13.2. The van der Waals surface area contributed by atoms with Gasteiger partial charge in [-0.1, -0.05) is 41.4 Å². The van der Waals surface area contributed by atoms with E-state index in [4.69, 9.17) is 21.4 Å². The second kappa shape index (κ2) is 6.39. The molecule has 2 aliphatic rings. The Kier molecular flexibility index (Phi) is 3.87. The van der Waals surface area contributed by atoms with Crippen molar-refractivity contribution in [2.75, 3.05) is 0 Å². The summed E-state index contributed by atoms with van der Waals surface area (Å²) in [6.45, 7) is 2.09. The van der Waals surface area contributed by atoms with Crippen LogP contribution in [0, 0.1) is 6.92 Å². The maximum absolute atomic E-state index is 6.32. The molecule has 0 saturated heterocycles. The van der Waals surface area contributed by atoms with Crippen LogP contribution in [0.25, 0.3) is 0 Å². The van der Waals surface area contributed by atoms with Crippen molar-refractivity contribution in [3.05, 3.63) is 94.3 Å². The summed E-state index contributed by atoms with van der Waals surface area (Å²) in [5.41, 5.74) is 5.57. The van der Waals surface area contributed by atoms with Gasteiger partial charge in [-0.25, -0.2) is 5.01 Å². The number of halogens is 1. The maximum atomic E-state index is 6.32. The predicted molar refractivity (Wildman–Crippen MR) is 106 cm³/mol. The quantitative estimate of drug-likeness (QED) is 0.611. The molecule has 3 heterocycles. The number of rotatable bonds is 2. The van der Waals surface area contributed by atoms with Gasteiger partial charge in [-0.2, -0.15) is 5.10 Å². The number of aromatic nitrogens is 1. The zero-order valence-corrected chi connectivity index (χ0v) is 15.6. The summed E-state index contributed by atoms with van der Waals surface area (Å²) >= 11 is 6.27. The van der Waals surface area contributed by atoms with E-state index in [0.29, 0.717) is 5.02 Å². The van der Waals surface area contributed by atoms with Gasteiger partial charge in [0.05, 0.1) is 11.8 Å². The van der Waals surface area contributed by atoms with Crippen LogP contribution in [-0.4, -0.2) is 15.7 Å². The van der Waals surface area contributed by atoms with Crippen LogP contribution in [0.5, 0.6) is 5.75 Å². The lowest BCUT2D eigenvalue weighted by Crippen LogP contribution is -2.33. The van der Waals surface area contributed by atoms with Crippen molar-refractivity contribution in [1.29, 1.82) is 0 Å². The van der Waals surface area contributed by atoms with Crippen molar-refractivity contribution in [1.82, 2.24) is 9.99 Å². The topological polar surface area (TPSA) is 37.7 Å². The lowest BCUT2D eigenvalue weighted by Gasteiger charge is -2.38. The highest BCUT2D eigenvalue weighted by Crippen LogP contribution is 2.48. The zero-order chi connectivity index (χ0) is 18.4. The van der Waals surface area contributed by atoms with Gasteiger partial charge in [0, 0.05) is 35.0 Å². The molecule has 1 aromatic heterocycles. The van der Waals surface area contributed by atoms with E-state index in [1.54, 1.807) is 12.4 Å². The number of fused-ring (bicyclic) bond motifs is 3. The molecule has 0 spiro atoms. The Morgan fingerprint density at radius 2 is 1.81 bits per heavy atom. The van der Waals surface area contributed by atoms with Crippen molar-refractivity contribution >= 4 is 17.3 Å². The predicted octanol–water partition coefficient (Wildman–Crippen LogP) is 5.29. The number of pyridine rings is 1. The first kappa shape index (κ1) is 16.3. The molecule has 0 amide bonds. The minimum absolute atomic E-state index is 0.0990. The molecule has 0 fully saturated rings. The van der Waals surface area contributed by atoms with Gasteiger partial charge in [-0.05, 0) is 42.8 Å². The van der Waals surface area contributed by atoms with Crippen LogP contribution in [0.2, 0.25) is 5.02 Å². The normalized spacial score (nSPS) is 20.5. The minimum atomic E-state index is -0.283. The molecule has 0 unspecified atom stereocenters. The molecular weight excluding hydrogens is 358 g/mol. The fourth-order valence-electron chi connectivity index (χ4n) is 3.73. The van der Waals surface area contributed by atoms with Crippen LogP contribution in [0.4, 0.5) is 0 Å². The Bertz CT molecular complexity index is 1020. The Labute approximate surface area is 163 Å². The average molecular weight is 376 g/mol. The van der Waals surface area contributed by atoms with Crippen LogP contribution in [0.1, 0.15) is 40.9 Å². The van der Waals surface area contributed by atoms with E-state index in [1.807, 2.05) is 30.3 Å². The van der Waals surface area contributed by atoms with Crippen LogP contribution in [-0.2, 0) is 0 Å². The summed E-state index contributed by atoms with van der Waals surface area (Å²) in [6, 6.07) is 18.4. The van der Waals surface area contributed by atoms with Crippen LogP contribution >= 0.6 is 11.6 Å². The van der Waals surface area contributed by atoms with Gasteiger partial charge in [-0.15, -0.1) is 0 Å². The summed E-state index contributed by atoms with van der Waals surface area (Å²) in [4.78, 5) is 4.13. The number of hydrogen-bond donors (Lipinski definition) is 0. The van der Waals surface area contributed by atoms with Crippen LogP contribution in [0.3, 0.4) is 0 Å². The van der Waals surface area contributed by atoms with Crippen molar-refractivity contribution in [2.45, 2.75) is 25.6 Å². The number of ether oxygens (including phenoxy) is 1. The monoisotopic (exact) mass is 375 g/mol. The van der Waals surface area contributed by atoms with E-state index in [0.717, 1.165) is 34.6 Å². The first-order valence-corrected chi connectivity index (χ1v) is 9.36. The summed E-state index contributed by atoms with van der Waals surface area (Å²) in [5, 5.41) is 7.73. The van der Waals surface area contributed by atoms with Gasteiger partial charge < -0.3 is 4.74 Å². The molecule has 0 saturated carbocycles. The average Bonchev–Trinajstić information content (AvgIpc) is 3.14. The third-order valence-electron chi connectivity index (χ3n) is 5.13. The molecule has 0 bridgehead atoms. The highest BCUT2D eigenvalue weighted by Gasteiger charge is 2.41.